The number of amides is 4. The highest BCUT2D eigenvalue weighted by Gasteiger charge is 2.46. The summed E-state index contributed by atoms with van der Waals surface area (Å²) < 4.78 is 5.55. The predicted octanol–water partition coefficient (Wildman–Crippen LogP) is 4.61. The van der Waals surface area contributed by atoms with E-state index in [1.165, 1.54) is 9.80 Å². The van der Waals surface area contributed by atoms with Crippen LogP contribution in [0.3, 0.4) is 0 Å². The molecule has 1 fully saturated rings. The molecule has 170 valence electrons. The standard InChI is InChI=1S/C25H31N3O4/c1-5-13-32-21-11-9-19(10-12-21)26-23(29)15-22-24(30)28(20-8-6-7-18(4)14-20)25(31)27(22)16-17(2)3/h6-12,14,17,22H,5,13,15-16H2,1-4H3,(H,26,29). The van der Waals surface area contributed by atoms with Gasteiger partial charge >= 0.3 is 6.03 Å². The highest BCUT2D eigenvalue weighted by molar-refractivity contribution is 6.22. The number of nitrogens with one attached hydrogen (secondary N) is 1. The second-order valence-electron chi connectivity index (χ2n) is 8.48. The van der Waals surface area contributed by atoms with Gasteiger partial charge in [0.25, 0.3) is 5.91 Å². The number of carbonyl (C=O) groups is 3. The minimum absolute atomic E-state index is 0.103. The van der Waals surface area contributed by atoms with Crippen molar-refractivity contribution >= 4 is 29.2 Å². The summed E-state index contributed by atoms with van der Waals surface area (Å²) in [5.41, 5.74) is 2.09. The van der Waals surface area contributed by atoms with E-state index >= 15 is 0 Å². The maximum atomic E-state index is 13.2. The van der Waals surface area contributed by atoms with Crippen molar-refractivity contribution in [3.8, 4) is 5.75 Å². The summed E-state index contributed by atoms with van der Waals surface area (Å²) >= 11 is 0. The number of anilines is 2. The zero-order valence-corrected chi connectivity index (χ0v) is 19.1. The van der Waals surface area contributed by atoms with E-state index in [1.807, 2.05) is 39.8 Å². The van der Waals surface area contributed by atoms with E-state index in [9.17, 15) is 14.4 Å². The van der Waals surface area contributed by atoms with Crippen LogP contribution in [0.2, 0.25) is 0 Å². The molecule has 3 rings (SSSR count). The molecule has 1 aliphatic heterocycles. The molecular weight excluding hydrogens is 406 g/mol. The van der Waals surface area contributed by atoms with E-state index in [2.05, 4.69) is 5.32 Å². The molecule has 2 aromatic rings. The molecule has 2 aromatic carbocycles. The van der Waals surface area contributed by atoms with E-state index in [4.69, 9.17) is 4.74 Å². The van der Waals surface area contributed by atoms with Gasteiger partial charge in [-0.3, -0.25) is 9.59 Å². The Balaban J connectivity index is 1.74. The van der Waals surface area contributed by atoms with Gasteiger partial charge in [-0.25, -0.2) is 9.69 Å². The topological polar surface area (TPSA) is 79.0 Å². The molecular formula is C25H31N3O4. The summed E-state index contributed by atoms with van der Waals surface area (Å²) in [4.78, 5) is 41.8. The lowest BCUT2D eigenvalue weighted by molar-refractivity contribution is -0.124. The van der Waals surface area contributed by atoms with E-state index < -0.39 is 6.04 Å². The molecule has 7 heteroatoms. The predicted molar refractivity (Wildman–Crippen MR) is 125 cm³/mol. The summed E-state index contributed by atoms with van der Waals surface area (Å²) in [6.07, 6.45) is 0.812. The molecule has 0 radical (unpaired) electrons. The van der Waals surface area contributed by atoms with Crippen LogP contribution in [0.25, 0.3) is 0 Å². The van der Waals surface area contributed by atoms with Crippen LogP contribution in [-0.4, -0.2) is 41.9 Å². The van der Waals surface area contributed by atoms with Crippen LogP contribution in [0.15, 0.2) is 48.5 Å². The number of aryl methyl sites for hydroxylation is 1. The molecule has 7 nitrogen and oxygen atoms in total. The summed E-state index contributed by atoms with van der Waals surface area (Å²) in [5, 5.41) is 2.82. The first-order chi connectivity index (χ1) is 15.3. The van der Waals surface area contributed by atoms with Gasteiger partial charge in [0.2, 0.25) is 5.91 Å². The third-order valence-electron chi connectivity index (χ3n) is 5.13. The van der Waals surface area contributed by atoms with Crippen molar-refractivity contribution in [1.29, 1.82) is 0 Å². The Morgan fingerprint density at radius 2 is 1.84 bits per heavy atom. The van der Waals surface area contributed by atoms with Gasteiger partial charge in [0.05, 0.1) is 18.7 Å². The first kappa shape index (κ1) is 23.3. The van der Waals surface area contributed by atoms with Gasteiger partial charge in [0, 0.05) is 12.2 Å². The molecule has 1 heterocycles. The van der Waals surface area contributed by atoms with Crippen molar-refractivity contribution in [2.45, 2.75) is 46.6 Å². The Kier molecular flexibility index (Phi) is 7.51. The van der Waals surface area contributed by atoms with Gasteiger partial charge in [0.1, 0.15) is 11.8 Å². The van der Waals surface area contributed by atoms with Gasteiger partial charge in [-0.1, -0.05) is 32.9 Å². The van der Waals surface area contributed by atoms with Crippen molar-refractivity contribution in [3.05, 3.63) is 54.1 Å². The Bertz CT molecular complexity index is 971. The zero-order valence-electron chi connectivity index (χ0n) is 19.1. The van der Waals surface area contributed by atoms with Crippen LogP contribution in [0.1, 0.15) is 39.2 Å². The second-order valence-corrected chi connectivity index (χ2v) is 8.48. The lowest BCUT2D eigenvalue weighted by Crippen LogP contribution is -2.40. The third-order valence-corrected chi connectivity index (χ3v) is 5.13. The van der Waals surface area contributed by atoms with Gasteiger partial charge in [-0.2, -0.15) is 0 Å². The molecule has 1 saturated heterocycles. The van der Waals surface area contributed by atoms with Crippen LogP contribution in [0, 0.1) is 12.8 Å². The number of benzene rings is 2. The first-order valence-electron chi connectivity index (χ1n) is 11.0. The van der Waals surface area contributed by atoms with Crippen molar-refractivity contribution < 1.29 is 19.1 Å². The third kappa shape index (κ3) is 5.46. The summed E-state index contributed by atoms with van der Waals surface area (Å²) in [5.74, 6) is 0.196. The van der Waals surface area contributed by atoms with E-state index in [-0.39, 0.29) is 30.2 Å². The SMILES string of the molecule is CCCOc1ccc(NC(=O)CC2C(=O)N(c3cccc(C)c3)C(=O)N2CC(C)C)cc1. The average Bonchev–Trinajstić information content (AvgIpc) is 2.96. The zero-order chi connectivity index (χ0) is 23.3. The molecule has 0 spiro atoms. The van der Waals surface area contributed by atoms with Gasteiger partial charge in [0.15, 0.2) is 0 Å². The van der Waals surface area contributed by atoms with Gasteiger partial charge in [-0.05, 0) is 61.2 Å². The van der Waals surface area contributed by atoms with E-state index in [0.29, 0.717) is 24.5 Å². The van der Waals surface area contributed by atoms with Crippen LogP contribution >= 0.6 is 0 Å². The van der Waals surface area contributed by atoms with E-state index in [1.54, 1.807) is 36.4 Å². The maximum absolute atomic E-state index is 13.2. The Morgan fingerprint density at radius 3 is 2.47 bits per heavy atom. The maximum Gasteiger partial charge on any atom is 0.332 e. The first-order valence-corrected chi connectivity index (χ1v) is 11.0. The lowest BCUT2D eigenvalue weighted by Gasteiger charge is -2.23. The molecule has 32 heavy (non-hydrogen) atoms. The highest BCUT2D eigenvalue weighted by Crippen LogP contribution is 2.28. The Morgan fingerprint density at radius 1 is 1.12 bits per heavy atom. The molecule has 0 saturated carbocycles. The fraction of sp³-hybridized carbons (Fsp3) is 0.400. The summed E-state index contributed by atoms with van der Waals surface area (Å²) in [6.45, 7) is 8.93. The number of ether oxygens (including phenoxy) is 1. The summed E-state index contributed by atoms with van der Waals surface area (Å²) in [7, 11) is 0. The summed E-state index contributed by atoms with van der Waals surface area (Å²) in [6, 6.07) is 13.1. The van der Waals surface area contributed by atoms with Crippen LogP contribution in [-0.2, 0) is 9.59 Å². The van der Waals surface area contributed by atoms with Crippen molar-refractivity contribution in [1.82, 2.24) is 4.90 Å². The van der Waals surface area contributed by atoms with Crippen LogP contribution < -0.4 is 15.0 Å². The fourth-order valence-corrected chi connectivity index (χ4v) is 3.68. The minimum atomic E-state index is -0.836. The number of carbonyl (C=O) groups excluding carboxylic acids is 3. The fourth-order valence-electron chi connectivity index (χ4n) is 3.68. The largest absolute Gasteiger partial charge is 0.494 e. The molecule has 1 aliphatic rings. The quantitative estimate of drug-likeness (QED) is 0.581. The normalized spacial score (nSPS) is 16.1. The van der Waals surface area contributed by atoms with E-state index in [0.717, 1.165) is 17.7 Å². The van der Waals surface area contributed by atoms with Gasteiger partial charge < -0.3 is 15.0 Å². The smallest absolute Gasteiger partial charge is 0.332 e. The number of nitrogens with zero attached hydrogens (tertiary/aromatic N) is 2. The number of urea groups is 1. The number of hydrogen-bond acceptors (Lipinski definition) is 4. The molecule has 4 amide bonds. The monoisotopic (exact) mass is 437 g/mol. The number of hydrogen-bond donors (Lipinski definition) is 1. The minimum Gasteiger partial charge on any atom is -0.494 e. The second kappa shape index (κ2) is 10.3. The molecule has 0 aromatic heterocycles. The molecule has 1 atom stereocenters. The van der Waals surface area contributed by atoms with Gasteiger partial charge in [-0.15, -0.1) is 0 Å². The molecule has 0 aliphatic carbocycles. The molecule has 1 N–H and O–H groups in total. The molecule has 0 bridgehead atoms. The van der Waals surface area contributed by atoms with Crippen molar-refractivity contribution in [2.75, 3.05) is 23.4 Å². The Labute approximate surface area is 189 Å². The number of imide groups is 1. The highest BCUT2D eigenvalue weighted by atomic mass is 16.5. The average molecular weight is 438 g/mol. The lowest BCUT2D eigenvalue weighted by atomic mass is 10.1. The number of rotatable bonds is 9. The van der Waals surface area contributed by atoms with Crippen LogP contribution in [0.5, 0.6) is 5.75 Å². The molecule has 1 unspecified atom stereocenters. The Hall–Kier alpha value is -3.35. The van der Waals surface area contributed by atoms with Crippen molar-refractivity contribution in [2.24, 2.45) is 5.92 Å². The van der Waals surface area contributed by atoms with Crippen LogP contribution in [0.4, 0.5) is 16.2 Å². The van der Waals surface area contributed by atoms with Crippen molar-refractivity contribution in [3.63, 3.8) is 0 Å².